The molecule has 0 saturated heterocycles. The average molecular weight is 422 g/mol. The van der Waals surface area contributed by atoms with E-state index in [4.69, 9.17) is 11.6 Å². The van der Waals surface area contributed by atoms with Gasteiger partial charge in [-0.25, -0.2) is 8.78 Å². The summed E-state index contributed by atoms with van der Waals surface area (Å²) in [6.45, 7) is -1.61. The lowest BCUT2D eigenvalue weighted by Crippen LogP contribution is -2.20. The SMILES string of the molecule is O=C(Nc1cc(F)ccc1OCC(F)(F)F)c1sc2cc(F)ccc2c1Cl. The third-order valence-electron chi connectivity index (χ3n) is 3.38. The Kier molecular flexibility index (Phi) is 5.25. The molecule has 1 heterocycles. The Morgan fingerprint density at radius 3 is 2.48 bits per heavy atom. The van der Waals surface area contributed by atoms with Crippen LogP contribution in [0.5, 0.6) is 5.75 Å². The summed E-state index contributed by atoms with van der Waals surface area (Å²) in [6.07, 6.45) is -4.60. The Bertz CT molecular complexity index is 1020. The van der Waals surface area contributed by atoms with Gasteiger partial charge in [-0.1, -0.05) is 11.6 Å². The summed E-state index contributed by atoms with van der Waals surface area (Å²) < 4.78 is 68.9. The molecule has 0 radical (unpaired) electrons. The van der Waals surface area contributed by atoms with Crippen LogP contribution in [0.25, 0.3) is 10.1 Å². The smallest absolute Gasteiger partial charge is 0.422 e. The molecule has 0 atom stereocenters. The van der Waals surface area contributed by atoms with Gasteiger partial charge in [-0.2, -0.15) is 13.2 Å². The van der Waals surface area contributed by atoms with Gasteiger partial charge in [0.15, 0.2) is 6.61 Å². The Labute approximate surface area is 158 Å². The van der Waals surface area contributed by atoms with Gasteiger partial charge in [-0.3, -0.25) is 4.79 Å². The molecule has 0 fully saturated rings. The third kappa shape index (κ3) is 4.48. The molecule has 3 rings (SSSR count). The van der Waals surface area contributed by atoms with Crippen LogP contribution in [0.3, 0.4) is 0 Å². The zero-order chi connectivity index (χ0) is 19.8. The number of nitrogens with one attached hydrogen (secondary N) is 1. The second-order valence-electron chi connectivity index (χ2n) is 5.38. The van der Waals surface area contributed by atoms with E-state index in [0.29, 0.717) is 10.1 Å². The molecule has 1 amide bonds. The van der Waals surface area contributed by atoms with Crippen LogP contribution < -0.4 is 10.1 Å². The molecule has 0 spiro atoms. The lowest BCUT2D eigenvalue weighted by atomic mass is 10.2. The first-order valence-corrected chi connectivity index (χ1v) is 8.51. The number of thiophene rings is 1. The van der Waals surface area contributed by atoms with Crippen molar-refractivity contribution >= 4 is 44.6 Å². The molecular weight excluding hydrogens is 413 g/mol. The van der Waals surface area contributed by atoms with E-state index in [1.165, 1.54) is 18.2 Å². The van der Waals surface area contributed by atoms with E-state index in [1.807, 2.05) is 0 Å². The number of hydrogen-bond acceptors (Lipinski definition) is 3. The van der Waals surface area contributed by atoms with Crippen LogP contribution in [0.2, 0.25) is 5.02 Å². The summed E-state index contributed by atoms with van der Waals surface area (Å²) in [6, 6.07) is 6.47. The van der Waals surface area contributed by atoms with Crippen molar-refractivity contribution in [3.8, 4) is 5.75 Å². The van der Waals surface area contributed by atoms with Gasteiger partial charge in [0, 0.05) is 16.2 Å². The van der Waals surface area contributed by atoms with E-state index >= 15 is 0 Å². The quantitative estimate of drug-likeness (QED) is 0.523. The maximum atomic E-state index is 13.5. The molecule has 27 heavy (non-hydrogen) atoms. The number of fused-ring (bicyclic) bond motifs is 1. The first kappa shape index (κ1) is 19.4. The number of rotatable bonds is 4. The minimum Gasteiger partial charge on any atom is -0.482 e. The van der Waals surface area contributed by atoms with Crippen LogP contribution in [0.1, 0.15) is 9.67 Å². The summed E-state index contributed by atoms with van der Waals surface area (Å²) in [5.41, 5.74) is -0.288. The van der Waals surface area contributed by atoms with Crippen LogP contribution in [-0.2, 0) is 0 Å². The predicted molar refractivity (Wildman–Crippen MR) is 92.7 cm³/mol. The van der Waals surface area contributed by atoms with Gasteiger partial charge in [0.2, 0.25) is 0 Å². The number of anilines is 1. The van der Waals surface area contributed by atoms with Gasteiger partial charge < -0.3 is 10.1 Å². The highest BCUT2D eigenvalue weighted by Gasteiger charge is 2.29. The number of benzene rings is 2. The summed E-state index contributed by atoms with van der Waals surface area (Å²) >= 11 is 7.03. The summed E-state index contributed by atoms with van der Waals surface area (Å²) in [5.74, 6) is -2.44. The molecule has 0 aliphatic carbocycles. The third-order valence-corrected chi connectivity index (χ3v) is 5.03. The molecule has 0 bridgehead atoms. The monoisotopic (exact) mass is 421 g/mol. The topological polar surface area (TPSA) is 38.3 Å². The van der Waals surface area contributed by atoms with Gasteiger partial charge in [-0.15, -0.1) is 11.3 Å². The molecule has 0 aliphatic heterocycles. The van der Waals surface area contributed by atoms with Crippen molar-refractivity contribution in [2.24, 2.45) is 0 Å². The van der Waals surface area contributed by atoms with E-state index in [9.17, 15) is 26.7 Å². The molecule has 3 aromatic rings. The summed E-state index contributed by atoms with van der Waals surface area (Å²) in [5, 5.41) is 2.78. The van der Waals surface area contributed by atoms with E-state index in [0.717, 1.165) is 29.5 Å². The van der Waals surface area contributed by atoms with Crippen molar-refractivity contribution in [2.45, 2.75) is 6.18 Å². The van der Waals surface area contributed by atoms with E-state index in [-0.39, 0.29) is 21.3 Å². The molecule has 0 aliphatic rings. The Morgan fingerprint density at radius 2 is 1.78 bits per heavy atom. The van der Waals surface area contributed by atoms with Crippen molar-refractivity contribution in [3.05, 3.63) is 57.9 Å². The number of amides is 1. The van der Waals surface area contributed by atoms with Crippen LogP contribution in [0.15, 0.2) is 36.4 Å². The number of ether oxygens (including phenoxy) is 1. The van der Waals surface area contributed by atoms with Gasteiger partial charge in [0.05, 0.1) is 10.7 Å². The highest BCUT2D eigenvalue weighted by Crippen LogP contribution is 2.37. The fourth-order valence-corrected chi connectivity index (χ4v) is 3.69. The zero-order valence-electron chi connectivity index (χ0n) is 13.2. The molecule has 0 unspecified atom stereocenters. The van der Waals surface area contributed by atoms with Crippen molar-refractivity contribution < 1.29 is 31.5 Å². The minimum atomic E-state index is -4.60. The summed E-state index contributed by atoms with van der Waals surface area (Å²) in [7, 11) is 0. The molecule has 1 aromatic heterocycles. The lowest BCUT2D eigenvalue weighted by Gasteiger charge is -2.13. The summed E-state index contributed by atoms with van der Waals surface area (Å²) in [4.78, 5) is 12.5. The lowest BCUT2D eigenvalue weighted by molar-refractivity contribution is -0.153. The molecular formula is C17H9ClF5NO2S. The maximum absolute atomic E-state index is 13.5. The van der Waals surface area contributed by atoms with Crippen LogP contribution in [-0.4, -0.2) is 18.7 Å². The first-order valence-electron chi connectivity index (χ1n) is 7.32. The van der Waals surface area contributed by atoms with Crippen LogP contribution >= 0.6 is 22.9 Å². The van der Waals surface area contributed by atoms with Gasteiger partial charge in [-0.05, 0) is 30.3 Å². The number of halogens is 6. The normalized spacial score (nSPS) is 11.6. The van der Waals surface area contributed by atoms with Gasteiger partial charge >= 0.3 is 6.18 Å². The van der Waals surface area contributed by atoms with Gasteiger partial charge in [0.25, 0.3) is 5.91 Å². The Balaban J connectivity index is 1.90. The first-order chi connectivity index (χ1) is 12.6. The van der Waals surface area contributed by atoms with Crippen LogP contribution in [0, 0.1) is 11.6 Å². The Morgan fingerprint density at radius 1 is 1.11 bits per heavy atom. The fraction of sp³-hybridized carbons (Fsp3) is 0.118. The van der Waals surface area contributed by atoms with E-state index < -0.39 is 30.3 Å². The number of carbonyl (C=O) groups excluding carboxylic acids is 1. The minimum absolute atomic E-state index is 0.00305. The van der Waals surface area contributed by atoms with Gasteiger partial charge in [0.1, 0.15) is 22.3 Å². The maximum Gasteiger partial charge on any atom is 0.422 e. The largest absolute Gasteiger partial charge is 0.482 e. The van der Waals surface area contributed by atoms with E-state index in [1.54, 1.807) is 0 Å². The number of carbonyl (C=O) groups is 1. The highest BCUT2D eigenvalue weighted by atomic mass is 35.5. The highest BCUT2D eigenvalue weighted by molar-refractivity contribution is 7.21. The molecule has 0 saturated carbocycles. The number of alkyl halides is 3. The van der Waals surface area contributed by atoms with Crippen molar-refractivity contribution in [1.29, 1.82) is 0 Å². The van der Waals surface area contributed by atoms with Crippen LogP contribution in [0.4, 0.5) is 27.6 Å². The molecule has 1 N–H and O–H groups in total. The fourth-order valence-electron chi connectivity index (χ4n) is 2.25. The van der Waals surface area contributed by atoms with E-state index in [2.05, 4.69) is 10.1 Å². The molecule has 2 aromatic carbocycles. The Hall–Kier alpha value is -2.39. The van der Waals surface area contributed by atoms with Crippen molar-refractivity contribution in [1.82, 2.24) is 0 Å². The second kappa shape index (κ2) is 7.32. The standard InChI is InChI=1S/C17H9ClF5NO2S/c18-14-10-3-1-9(20)6-13(10)27-15(14)16(25)24-11-5-8(19)2-4-12(11)26-7-17(21,22)23/h1-6H,7H2,(H,24,25). The van der Waals surface area contributed by atoms with Crippen molar-refractivity contribution in [2.75, 3.05) is 11.9 Å². The van der Waals surface area contributed by atoms with Crippen molar-refractivity contribution in [3.63, 3.8) is 0 Å². The molecule has 10 heteroatoms. The second-order valence-corrected chi connectivity index (χ2v) is 6.81. The molecule has 3 nitrogen and oxygen atoms in total. The predicted octanol–water partition coefficient (Wildman–Crippen LogP) is 6.03. The number of hydrogen-bond donors (Lipinski definition) is 1. The average Bonchev–Trinajstić information content (AvgIpc) is 2.89. The molecule has 142 valence electrons. The zero-order valence-corrected chi connectivity index (χ0v) is 14.7.